The molecule has 19 heavy (non-hydrogen) atoms. The van der Waals surface area contributed by atoms with Gasteiger partial charge in [0, 0.05) is 17.5 Å². The van der Waals surface area contributed by atoms with Gasteiger partial charge in [0.15, 0.2) is 0 Å². The second-order valence-electron chi connectivity index (χ2n) is 4.70. The summed E-state index contributed by atoms with van der Waals surface area (Å²) in [5.41, 5.74) is 1.80. The molecule has 5 heteroatoms. The van der Waals surface area contributed by atoms with Gasteiger partial charge in [-0.2, -0.15) is 11.8 Å². The monoisotopic (exact) mass is 280 g/mol. The number of rotatable bonds is 3. The summed E-state index contributed by atoms with van der Waals surface area (Å²) in [5, 5.41) is 5.88. The zero-order chi connectivity index (χ0) is 13.7. The van der Waals surface area contributed by atoms with Gasteiger partial charge in [-0.1, -0.05) is 0 Å². The Balaban J connectivity index is 1.89. The number of hydrogen-bond donors (Lipinski definition) is 2. The van der Waals surface area contributed by atoms with E-state index in [1.807, 2.05) is 36.9 Å². The number of methoxy groups -OCH3 is 1. The number of anilines is 1. The number of ether oxygens (including phenoxy) is 1. The fraction of sp³-hybridized carbons (Fsp3) is 0.500. The molecule has 1 aromatic rings. The highest BCUT2D eigenvalue weighted by Crippen LogP contribution is 2.21. The highest BCUT2D eigenvalue weighted by atomic mass is 32.2. The molecule has 1 heterocycles. The molecule has 1 aliphatic heterocycles. The molecule has 1 saturated heterocycles. The van der Waals surface area contributed by atoms with E-state index in [4.69, 9.17) is 4.74 Å². The third kappa shape index (κ3) is 4.06. The maximum absolute atomic E-state index is 11.9. The average molecular weight is 280 g/mol. The largest absolute Gasteiger partial charge is 0.496 e. The maximum Gasteiger partial charge on any atom is 0.319 e. The van der Waals surface area contributed by atoms with Gasteiger partial charge in [-0.15, -0.1) is 0 Å². The van der Waals surface area contributed by atoms with Gasteiger partial charge in [-0.25, -0.2) is 4.79 Å². The second kappa shape index (κ2) is 6.70. The van der Waals surface area contributed by atoms with E-state index >= 15 is 0 Å². The van der Waals surface area contributed by atoms with Crippen LogP contribution < -0.4 is 15.4 Å². The van der Waals surface area contributed by atoms with Crippen LogP contribution in [0.2, 0.25) is 0 Å². The lowest BCUT2D eigenvalue weighted by molar-refractivity contribution is 0.248. The van der Waals surface area contributed by atoms with Crippen molar-refractivity contribution in [1.82, 2.24) is 5.32 Å². The number of carbonyl (C=O) groups is 1. The first-order valence-electron chi connectivity index (χ1n) is 6.49. The molecule has 1 unspecified atom stereocenters. The topological polar surface area (TPSA) is 50.4 Å². The minimum atomic E-state index is -0.128. The van der Waals surface area contributed by atoms with Crippen molar-refractivity contribution in [2.75, 3.05) is 23.9 Å². The van der Waals surface area contributed by atoms with Crippen LogP contribution in [0.15, 0.2) is 18.2 Å². The summed E-state index contributed by atoms with van der Waals surface area (Å²) in [7, 11) is 1.64. The Morgan fingerprint density at radius 2 is 2.32 bits per heavy atom. The van der Waals surface area contributed by atoms with Gasteiger partial charge in [-0.05, 0) is 49.3 Å². The van der Waals surface area contributed by atoms with Gasteiger partial charge in [0.05, 0.1) is 7.11 Å². The molecular weight excluding hydrogens is 260 g/mol. The number of urea groups is 1. The fourth-order valence-electron chi connectivity index (χ4n) is 2.16. The molecule has 4 nitrogen and oxygen atoms in total. The summed E-state index contributed by atoms with van der Waals surface area (Å²) in [4.78, 5) is 11.9. The smallest absolute Gasteiger partial charge is 0.319 e. The molecule has 1 aliphatic rings. The van der Waals surface area contributed by atoms with Crippen LogP contribution in [0.25, 0.3) is 0 Å². The van der Waals surface area contributed by atoms with Gasteiger partial charge >= 0.3 is 6.03 Å². The Labute approximate surface area is 118 Å². The molecule has 0 saturated carbocycles. The Morgan fingerprint density at radius 1 is 1.47 bits per heavy atom. The molecule has 1 aromatic carbocycles. The van der Waals surface area contributed by atoms with Crippen molar-refractivity contribution in [3.8, 4) is 5.75 Å². The fourth-order valence-corrected chi connectivity index (χ4v) is 3.24. The van der Waals surface area contributed by atoms with Crippen molar-refractivity contribution in [3.63, 3.8) is 0 Å². The van der Waals surface area contributed by atoms with Crippen molar-refractivity contribution >= 4 is 23.5 Å². The van der Waals surface area contributed by atoms with E-state index in [2.05, 4.69) is 10.6 Å². The molecule has 1 fully saturated rings. The van der Waals surface area contributed by atoms with Crippen molar-refractivity contribution < 1.29 is 9.53 Å². The summed E-state index contributed by atoms with van der Waals surface area (Å²) in [6.45, 7) is 1.96. The van der Waals surface area contributed by atoms with Gasteiger partial charge < -0.3 is 15.4 Å². The number of amides is 2. The lowest BCUT2D eigenvalue weighted by Gasteiger charge is -2.22. The number of carbonyl (C=O) groups excluding carboxylic acids is 1. The highest BCUT2D eigenvalue weighted by molar-refractivity contribution is 7.99. The van der Waals surface area contributed by atoms with Crippen molar-refractivity contribution in [1.29, 1.82) is 0 Å². The molecule has 0 aliphatic carbocycles. The number of nitrogens with one attached hydrogen (secondary N) is 2. The first kappa shape index (κ1) is 14.1. The maximum atomic E-state index is 11.9. The third-order valence-electron chi connectivity index (χ3n) is 3.15. The molecule has 1 atom stereocenters. The Bertz CT molecular complexity index is 445. The zero-order valence-electron chi connectivity index (χ0n) is 11.4. The van der Waals surface area contributed by atoms with Crippen molar-refractivity contribution in [2.24, 2.45) is 0 Å². The van der Waals surface area contributed by atoms with Gasteiger partial charge in [0.25, 0.3) is 0 Å². The number of thioether (sulfide) groups is 1. The molecule has 2 rings (SSSR count). The van der Waals surface area contributed by atoms with E-state index in [0.717, 1.165) is 29.2 Å². The summed E-state index contributed by atoms with van der Waals surface area (Å²) in [5.74, 6) is 3.04. The lowest BCUT2D eigenvalue weighted by atomic mass is 10.2. The molecule has 0 spiro atoms. The SMILES string of the molecule is COc1ccc(NC(=O)NC2CCCSC2)cc1C. The second-order valence-corrected chi connectivity index (χ2v) is 5.85. The minimum Gasteiger partial charge on any atom is -0.496 e. The van der Waals surface area contributed by atoms with E-state index in [1.54, 1.807) is 7.11 Å². The zero-order valence-corrected chi connectivity index (χ0v) is 12.2. The van der Waals surface area contributed by atoms with Crippen molar-refractivity contribution in [2.45, 2.75) is 25.8 Å². The van der Waals surface area contributed by atoms with Crippen LogP contribution in [0, 0.1) is 6.92 Å². The standard InChI is InChI=1S/C14H20N2O2S/c1-10-8-11(5-6-13(10)18-2)15-14(17)16-12-4-3-7-19-9-12/h5-6,8,12H,3-4,7,9H2,1-2H3,(H2,15,16,17). The summed E-state index contributed by atoms with van der Waals surface area (Å²) >= 11 is 1.90. The minimum absolute atomic E-state index is 0.128. The van der Waals surface area contributed by atoms with Gasteiger partial charge in [0.2, 0.25) is 0 Å². The molecule has 0 bridgehead atoms. The van der Waals surface area contributed by atoms with Crippen LogP contribution in [0.3, 0.4) is 0 Å². The number of hydrogen-bond acceptors (Lipinski definition) is 3. The van der Waals surface area contributed by atoms with Crippen LogP contribution in [0.1, 0.15) is 18.4 Å². The average Bonchev–Trinajstić information content (AvgIpc) is 2.40. The van der Waals surface area contributed by atoms with Crippen LogP contribution in [-0.4, -0.2) is 30.7 Å². The normalized spacial score (nSPS) is 18.7. The van der Waals surface area contributed by atoms with E-state index in [1.165, 1.54) is 12.2 Å². The van der Waals surface area contributed by atoms with E-state index < -0.39 is 0 Å². The first-order chi connectivity index (χ1) is 9.19. The van der Waals surface area contributed by atoms with E-state index in [0.29, 0.717) is 0 Å². The van der Waals surface area contributed by atoms with Gasteiger partial charge in [0.1, 0.15) is 5.75 Å². The predicted octanol–water partition coefficient (Wildman–Crippen LogP) is 3.02. The Hall–Kier alpha value is -1.36. The Morgan fingerprint density at radius 3 is 2.95 bits per heavy atom. The summed E-state index contributed by atoms with van der Waals surface area (Å²) in [6.07, 6.45) is 2.25. The Kier molecular flexibility index (Phi) is 4.96. The van der Waals surface area contributed by atoms with Crippen LogP contribution >= 0.6 is 11.8 Å². The van der Waals surface area contributed by atoms with Crippen LogP contribution in [0.5, 0.6) is 5.75 Å². The lowest BCUT2D eigenvalue weighted by Crippen LogP contribution is -2.40. The predicted molar refractivity (Wildman–Crippen MR) is 80.2 cm³/mol. The third-order valence-corrected chi connectivity index (χ3v) is 4.36. The number of aryl methyl sites for hydroxylation is 1. The van der Waals surface area contributed by atoms with E-state index in [-0.39, 0.29) is 12.1 Å². The quantitative estimate of drug-likeness (QED) is 0.895. The first-order valence-corrected chi connectivity index (χ1v) is 7.64. The molecule has 2 N–H and O–H groups in total. The summed E-state index contributed by atoms with van der Waals surface area (Å²) in [6, 6.07) is 5.78. The summed E-state index contributed by atoms with van der Waals surface area (Å²) < 4.78 is 5.20. The van der Waals surface area contributed by atoms with Crippen LogP contribution in [0.4, 0.5) is 10.5 Å². The van der Waals surface area contributed by atoms with Gasteiger partial charge in [-0.3, -0.25) is 0 Å². The molecular formula is C14H20N2O2S. The molecule has 0 aromatic heterocycles. The van der Waals surface area contributed by atoms with Crippen LogP contribution in [-0.2, 0) is 0 Å². The van der Waals surface area contributed by atoms with E-state index in [9.17, 15) is 4.79 Å². The highest BCUT2D eigenvalue weighted by Gasteiger charge is 2.16. The molecule has 2 amide bonds. The number of benzene rings is 1. The van der Waals surface area contributed by atoms with Crippen molar-refractivity contribution in [3.05, 3.63) is 23.8 Å². The molecule has 104 valence electrons. The molecule has 0 radical (unpaired) electrons.